The lowest BCUT2D eigenvalue weighted by molar-refractivity contribution is -0.143. The maximum absolute atomic E-state index is 12.8. The highest BCUT2D eigenvalue weighted by Crippen LogP contribution is 2.34. The third-order valence-corrected chi connectivity index (χ3v) is 6.41. The Hall–Kier alpha value is -3.26. The molecule has 0 fully saturated rings. The second kappa shape index (κ2) is 14.6. The third-order valence-electron chi connectivity index (χ3n) is 6.41. The number of ether oxygens (including phenoxy) is 3. The van der Waals surface area contributed by atoms with Gasteiger partial charge in [-0.3, -0.25) is 9.59 Å². The van der Waals surface area contributed by atoms with Crippen molar-refractivity contribution in [1.29, 1.82) is 0 Å². The molecule has 0 aromatic heterocycles. The van der Waals surface area contributed by atoms with E-state index in [9.17, 15) is 9.59 Å². The van der Waals surface area contributed by atoms with Gasteiger partial charge in [-0.25, -0.2) is 0 Å². The number of hydrogen-bond acceptors (Lipinski definition) is 7. The number of rotatable bonds is 15. The number of esters is 1. The Bertz CT molecular complexity index is 1070. The molecule has 0 saturated heterocycles. The van der Waals surface area contributed by atoms with E-state index in [0.29, 0.717) is 38.2 Å². The van der Waals surface area contributed by atoms with Crippen LogP contribution in [0, 0.1) is 0 Å². The molecule has 0 saturated carbocycles. The molecule has 8 nitrogen and oxygen atoms in total. The summed E-state index contributed by atoms with van der Waals surface area (Å²) in [6.45, 7) is 11.1. The van der Waals surface area contributed by atoms with E-state index in [-0.39, 0.29) is 24.0 Å². The van der Waals surface area contributed by atoms with E-state index in [0.717, 1.165) is 48.7 Å². The summed E-state index contributed by atoms with van der Waals surface area (Å²) in [7, 11) is 1.66. The molecule has 2 aromatic rings. The minimum Gasteiger partial charge on any atom is -0.488 e. The molecule has 3 rings (SSSR count). The first kappa shape index (κ1) is 29.3. The predicted octanol–water partition coefficient (Wildman–Crippen LogP) is 4.14. The van der Waals surface area contributed by atoms with Gasteiger partial charge in [0.15, 0.2) is 11.5 Å². The van der Waals surface area contributed by atoms with E-state index in [2.05, 4.69) is 28.5 Å². The van der Waals surface area contributed by atoms with Gasteiger partial charge in [-0.2, -0.15) is 0 Å². The van der Waals surface area contributed by atoms with E-state index in [1.54, 1.807) is 7.05 Å². The van der Waals surface area contributed by atoms with Crippen LogP contribution in [0.25, 0.3) is 0 Å². The van der Waals surface area contributed by atoms with Crippen LogP contribution >= 0.6 is 0 Å². The summed E-state index contributed by atoms with van der Waals surface area (Å²) in [5.74, 6) is 1.24. The van der Waals surface area contributed by atoms with Crippen molar-refractivity contribution < 1.29 is 23.8 Å². The number of para-hydroxylation sites is 2. The first-order valence-electron chi connectivity index (χ1n) is 13.7. The molecule has 1 aliphatic rings. The molecule has 0 radical (unpaired) electrons. The zero-order valence-corrected chi connectivity index (χ0v) is 23.5. The first-order valence-corrected chi connectivity index (χ1v) is 13.7. The lowest BCUT2D eigenvalue weighted by Crippen LogP contribution is -2.32. The van der Waals surface area contributed by atoms with E-state index < -0.39 is 0 Å². The molecule has 208 valence electrons. The number of nitrogens with zero attached hydrogens (tertiary/aromatic N) is 1. The van der Waals surface area contributed by atoms with Gasteiger partial charge >= 0.3 is 5.97 Å². The van der Waals surface area contributed by atoms with Crippen molar-refractivity contribution in [2.45, 2.75) is 65.5 Å². The van der Waals surface area contributed by atoms with Gasteiger partial charge in [-0.1, -0.05) is 18.2 Å². The fourth-order valence-corrected chi connectivity index (χ4v) is 4.80. The van der Waals surface area contributed by atoms with Crippen molar-refractivity contribution in [2.75, 3.05) is 44.8 Å². The topological polar surface area (TPSA) is 89.1 Å². The molecule has 0 spiro atoms. The molecular weight excluding hydrogens is 482 g/mol. The molecule has 38 heavy (non-hydrogen) atoms. The quantitative estimate of drug-likeness (QED) is 0.267. The zero-order chi connectivity index (χ0) is 27.5. The van der Waals surface area contributed by atoms with Crippen molar-refractivity contribution in [3.05, 3.63) is 53.1 Å². The van der Waals surface area contributed by atoms with Crippen molar-refractivity contribution in [1.82, 2.24) is 10.6 Å². The highest BCUT2D eigenvalue weighted by Gasteiger charge is 2.26. The number of hydrogen-bond donors (Lipinski definition) is 2. The average molecular weight is 526 g/mol. The molecule has 1 aliphatic heterocycles. The van der Waals surface area contributed by atoms with Gasteiger partial charge in [0.05, 0.1) is 24.0 Å². The van der Waals surface area contributed by atoms with Crippen LogP contribution in [0.15, 0.2) is 36.4 Å². The maximum Gasteiger partial charge on any atom is 0.305 e. The number of anilines is 1. The van der Waals surface area contributed by atoms with E-state index in [1.165, 1.54) is 5.56 Å². The Morgan fingerprint density at radius 3 is 2.58 bits per heavy atom. The van der Waals surface area contributed by atoms with Crippen LogP contribution < -0.4 is 25.0 Å². The van der Waals surface area contributed by atoms with Crippen molar-refractivity contribution in [3.8, 4) is 11.5 Å². The second-order valence-corrected chi connectivity index (χ2v) is 9.90. The summed E-state index contributed by atoms with van der Waals surface area (Å²) in [5.41, 5.74) is 4.01. The molecule has 0 bridgehead atoms. The lowest BCUT2D eigenvalue weighted by Gasteiger charge is -2.23. The van der Waals surface area contributed by atoms with E-state index >= 15 is 0 Å². The summed E-state index contributed by atoms with van der Waals surface area (Å²) >= 11 is 0. The van der Waals surface area contributed by atoms with Gasteiger partial charge in [0.1, 0.15) is 6.61 Å². The Morgan fingerprint density at radius 2 is 1.87 bits per heavy atom. The van der Waals surface area contributed by atoms with E-state index in [1.807, 2.05) is 51.1 Å². The van der Waals surface area contributed by atoms with Crippen LogP contribution in [0.3, 0.4) is 0 Å². The molecule has 8 heteroatoms. The normalized spacial score (nSPS) is 13.3. The molecule has 1 unspecified atom stereocenters. The Kier molecular flexibility index (Phi) is 11.3. The van der Waals surface area contributed by atoms with Crippen LogP contribution in [0.1, 0.15) is 62.0 Å². The van der Waals surface area contributed by atoms with Crippen LogP contribution in [0.2, 0.25) is 0 Å². The predicted molar refractivity (Wildman–Crippen MR) is 150 cm³/mol. The van der Waals surface area contributed by atoms with E-state index in [4.69, 9.17) is 14.2 Å². The summed E-state index contributed by atoms with van der Waals surface area (Å²) in [6, 6.07) is 12.2. The fourth-order valence-electron chi connectivity index (χ4n) is 4.80. The molecule has 2 aromatic carbocycles. The number of amides is 1. The standard InChI is InChI=1S/C30H43N3O5/c1-6-36-28(34)12-9-15-33-16-13-24-19-23(20-25(29(24)33)30(35)31-5)18-22(4)32-14-17-37-26-10-7-8-11-27(26)38-21(2)3/h7-8,10-11,19-22,32H,6,9,12-18H2,1-5H3,(H,31,35). The van der Waals surface area contributed by atoms with Crippen molar-refractivity contribution in [3.63, 3.8) is 0 Å². The zero-order valence-electron chi connectivity index (χ0n) is 23.5. The van der Waals surface area contributed by atoms with Gasteiger partial charge in [0.25, 0.3) is 5.91 Å². The summed E-state index contributed by atoms with van der Waals surface area (Å²) < 4.78 is 16.8. The van der Waals surface area contributed by atoms with Gasteiger partial charge in [0, 0.05) is 39.1 Å². The number of carbonyl (C=O) groups excluding carboxylic acids is 2. The highest BCUT2D eigenvalue weighted by molar-refractivity contribution is 6.01. The molecule has 1 atom stereocenters. The molecule has 2 N–H and O–H groups in total. The van der Waals surface area contributed by atoms with Gasteiger partial charge in [0.2, 0.25) is 0 Å². The van der Waals surface area contributed by atoms with Gasteiger partial charge in [-0.05, 0) is 76.3 Å². The minimum atomic E-state index is -0.172. The number of carbonyl (C=O) groups is 2. The SMILES string of the molecule is CCOC(=O)CCCN1CCc2cc(CC(C)NCCOc3ccccc3OC(C)C)cc(C(=O)NC)c21. The molecular formula is C30H43N3O5. The number of nitrogens with one attached hydrogen (secondary N) is 2. The Labute approximate surface area is 227 Å². The minimum absolute atomic E-state index is 0.0848. The number of benzene rings is 2. The monoisotopic (exact) mass is 525 g/mol. The number of fused-ring (bicyclic) bond motifs is 1. The second-order valence-electron chi connectivity index (χ2n) is 9.90. The summed E-state index contributed by atoms with van der Waals surface area (Å²) in [6.07, 6.45) is 2.86. The highest BCUT2D eigenvalue weighted by atomic mass is 16.5. The van der Waals surface area contributed by atoms with Gasteiger partial charge in [-0.15, -0.1) is 0 Å². The largest absolute Gasteiger partial charge is 0.488 e. The van der Waals surface area contributed by atoms with Crippen LogP contribution in [-0.4, -0.2) is 63.9 Å². The summed E-state index contributed by atoms with van der Waals surface area (Å²) in [5, 5.41) is 6.32. The Morgan fingerprint density at radius 1 is 1.11 bits per heavy atom. The molecule has 1 amide bonds. The third kappa shape index (κ3) is 8.38. The van der Waals surface area contributed by atoms with Crippen molar-refractivity contribution in [2.24, 2.45) is 0 Å². The first-order chi connectivity index (χ1) is 18.3. The molecule has 0 aliphatic carbocycles. The Balaban J connectivity index is 1.57. The molecule has 1 heterocycles. The van der Waals surface area contributed by atoms with Gasteiger partial charge < -0.3 is 29.7 Å². The maximum atomic E-state index is 12.8. The summed E-state index contributed by atoms with van der Waals surface area (Å²) in [4.78, 5) is 26.8. The van der Waals surface area contributed by atoms with Crippen molar-refractivity contribution >= 4 is 17.6 Å². The average Bonchev–Trinajstić information content (AvgIpc) is 3.29. The van der Waals surface area contributed by atoms with Crippen LogP contribution in [0.4, 0.5) is 5.69 Å². The van der Waals surface area contributed by atoms with Crippen LogP contribution in [0.5, 0.6) is 11.5 Å². The fraction of sp³-hybridized carbons (Fsp3) is 0.533. The van der Waals surface area contributed by atoms with Crippen LogP contribution in [-0.2, 0) is 22.4 Å². The lowest BCUT2D eigenvalue weighted by atomic mass is 9.98. The smallest absolute Gasteiger partial charge is 0.305 e.